The van der Waals surface area contributed by atoms with Crippen LogP contribution in [0.5, 0.6) is 11.5 Å². The lowest BCUT2D eigenvalue weighted by Crippen LogP contribution is -2.28. The van der Waals surface area contributed by atoms with Crippen LogP contribution in [0.4, 0.5) is 0 Å². The number of nitrogens with zero attached hydrogens (tertiary/aromatic N) is 1. The summed E-state index contributed by atoms with van der Waals surface area (Å²) in [6.07, 6.45) is 0.537. The number of esters is 1. The first-order valence-corrected chi connectivity index (χ1v) is 9.83. The Balaban J connectivity index is 2.40. The molecule has 2 aromatic rings. The van der Waals surface area contributed by atoms with Gasteiger partial charge in [0.2, 0.25) is 0 Å². The first-order chi connectivity index (χ1) is 13.7. The highest BCUT2D eigenvalue weighted by Gasteiger charge is 2.37. The van der Waals surface area contributed by atoms with Gasteiger partial charge < -0.3 is 19.3 Å². The van der Waals surface area contributed by atoms with Crippen molar-refractivity contribution in [1.29, 1.82) is 0 Å². The first kappa shape index (κ1) is 21.1. The highest BCUT2D eigenvalue weighted by molar-refractivity contribution is 6.00. The Morgan fingerprint density at radius 2 is 2.00 bits per heavy atom. The summed E-state index contributed by atoms with van der Waals surface area (Å²) in [7, 11) is 3.16. The van der Waals surface area contributed by atoms with Crippen LogP contribution in [0.3, 0.4) is 0 Å². The number of ether oxygens (including phenoxy) is 3. The molecule has 0 saturated heterocycles. The third-order valence-electron chi connectivity index (χ3n) is 5.38. The molecule has 1 unspecified atom stereocenters. The van der Waals surface area contributed by atoms with Crippen molar-refractivity contribution in [2.75, 3.05) is 20.8 Å². The third kappa shape index (κ3) is 3.94. The van der Waals surface area contributed by atoms with Crippen LogP contribution in [0.25, 0.3) is 11.1 Å². The number of aliphatic hydroxyl groups excluding tert-OH is 1. The van der Waals surface area contributed by atoms with E-state index in [2.05, 4.69) is 13.8 Å². The average molecular weight is 399 g/mol. The number of carbonyl (C=O) groups excluding carboxylic acids is 1. The van der Waals surface area contributed by atoms with Gasteiger partial charge in [-0.3, -0.25) is 4.98 Å². The van der Waals surface area contributed by atoms with Crippen molar-refractivity contribution in [3.8, 4) is 22.6 Å². The lowest BCUT2D eigenvalue weighted by molar-refractivity contribution is 0.0524. The predicted molar refractivity (Wildman–Crippen MR) is 111 cm³/mol. The van der Waals surface area contributed by atoms with Crippen LogP contribution < -0.4 is 9.47 Å². The van der Waals surface area contributed by atoms with Gasteiger partial charge >= 0.3 is 5.97 Å². The van der Waals surface area contributed by atoms with Gasteiger partial charge in [0.25, 0.3) is 0 Å². The van der Waals surface area contributed by atoms with Crippen LogP contribution in [-0.2, 0) is 11.2 Å². The van der Waals surface area contributed by atoms with E-state index in [1.165, 1.54) is 0 Å². The van der Waals surface area contributed by atoms with E-state index in [0.717, 1.165) is 5.69 Å². The van der Waals surface area contributed by atoms with E-state index in [9.17, 15) is 9.90 Å². The fraction of sp³-hybridized carbons (Fsp3) is 0.478. The Bertz CT molecular complexity index is 935. The van der Waals surface area contributed by atoms with Crippen molar-refractivity contribution in [3.63, 3.8) is 0 Å². The van der Waals surface area contributed by atoms with Crippen molar-refractivity contribution in [1.82, 2.24) is 4.98 Å². The van der Waals surface area contributed by atoms with E-state index < -0.39 is 12.1 Å². The van der Waals surface area contributed by atoms with E-state index in [0.29, 0.717) is 52.3 Å². The van der Waals surface area contributed by atoms with Gasteiger partial charge in [-0.1, -0.05) is 13.8 Å². The molecule has 1 aliphatic carbocycles. The van der Waals surface area contributed by atoms with Gasteiger partial charge in [0, 0.05) is 22.4 Å². The number of carbonyl (C=O) groups is 1. The Kier molecular flexibility index (Phi) is 5.85. The molecule has 3 rings (SSSR count). The largest absolute Gasteiger partial charge is 0.497 e. The lowest BCUT2D eigenvalue weighted by Gasteiger charge is -2.36. The molecule has 1 aromatic carbocycles. The van der Waals surface area contributed by atoms with E-state index in [1.54, 1.807) is 40.2 Å². The van der Waals surface area contributed by atoms with Crippen LogP contribution in [-0.4, -0.2) is 36.9 Å². The summed E-state index contributed by atoms with van der Waals surface area (Å²) in [6.45, 7) is 8.04. The van der Waals surface area contributed by atoms with E-state index in [4.69, 9.17) is 19.2 Å². The summed E-state index contributed by atoms with van der Waals surface area (Å²) in [5.74, 6) is 0.753. The van der Waals surface area contributed by atoms with Gasteiger partial charge in [0.1, 0.15) is 11.5 Å². The number of pyridine rings is 1. The molecule has 0 bridgehead atoms. The number of rotatable bonds is 5. The Labute approximate surface area is 171 Å². The molecule has 29 heavy (non-hydrogen) atoms. The van der Waals surface area contributed by atoms with Crippen molar-refractivity contribution in [2.45, 2.75) is 46.6 Å². The van der Waals surface area contributed by atoms with E-state index in [1.807, 2.05) is 6.07 Å². The maximum atomic E-state index is 12.9. The monoisotopic (exact) mass is 399 g/mol. The zero-order valence-corrected chi connectivity index (χ0v) is 18.0. The Morgan fingerprint density at radius 1 is 1.28 bits per heavy atom. The molecule has 0 radical (unpaired) electrons. The number of aryl methyl sites for hydroxylation is 1. The second kappa shape index (κ2) is 8.03. The summed E-state index contributed by atoms with van der Waals surface area (Å²) in [5.41, 5.74) is 3.61. The topological polar surface area (TPSA) is 77.9 Å². The zero-order valence-electron chi connectivity index (χ0n) is 18.0. The smallest absolute Gasteiger partial charge is 0.340 e. The maximum Gasteiger partial charge on any atom is 0.340 e. The van der Waals surface area contributed by atoms with Crippen molar-refractivity contribution < 1.29 is 24.1 Å². The number of fused-ring (bicyclic) bond motifs is 1. The van der Waals surface area contributed by atoms with Crippen molar-refractivity contribution in [2.24, 2.45) is 5.41 Å². The highest BCUT2D eigenvalue weighted by atomic mass is 16.5. The molecule has 0 saturated carbocycles. The van der Waals surface area contributed by atoms with Gasteiger partial charge in [-0.05, 0) is 50.3 Å². The molecule has 0 spiro atoms. The quantitative estimate of drug-likeness (QED) is 0.757. The SMILES string of the molecule is CCOC(=O)c1c(C)nc2c(c1-c1cc(OC)ccc1OC)C(O)CC(C)(C)C2. The Morgan fingerprint density at radius 3 is 2.62 bits per heavy atom. The highest BCUT2D eigenvalue weighted by Crippen LogP contribution is 2.48. The van der Waals surface area contributed by atoms with Crippen LogP contribution in [0.1, 0.15) is 60.6 Å². The predicted octanol–water partition coefficient (Wildman–Crippen LogP) is 4.26. The molecule has 0 aliphatic heterocycles. The molecule has 6 heteroatoms. The van der Waals surface area contributed by atoms with E-state index >= 15 is 0 Å². The maximum absolute atomic E-state index is 12.9. The van der Waals surface area contributed by atoms with Gasteiger partial charge in [-0.2, -0.15) is 0 Å². The number of aromatic nitrogens is 1. The number of hydrogen-bond donors (Lipinski definition) is 1. The first-order valence-electron chi connectivity index (χ1n) is 9.83. The Hall–Kier alpha value is -2.60. The molecule has 1 N–H and O–H groups in total. The van der Waals surface area contributed by atoms with Gasteiger partial charge in [-0.15, -0.1) is 0 Å². The number of methoxy groups -OCH3 is 2. The normalized spacial score (nSPS) is 17.4. The van der Waals surface area contributed by atoms with Gasteiger partial charge in [0.05, 0.1) is 38.2 Å². The van der Waals surface area contributed by atoms with Crippen LogP contribution in [0.15, 0.2) is 18.2 Å². The number of benzene rings is 1. The standard InChI is InChI=1S/C23H29NO5/c1-7-29-22(26)19-13(2)24-16-11-23(3,4)12-17(25)21(16)20(19)15-10-14(27-5)8-9-18(15)28-6/h8-10,17,25H,7,11-12H2,1-6H3. The molecule has 1 aromatic heterocycles. The minimum absolute atomic E-state index is 0.0902. The molecule has 0 amide bonds. The van der Waals surface area contributed by atoms with Gasteiger partial charge in [-0.25, -0.2) is 4.79 Å². The molecular formula is C23H29NO5. The minimum Gasteiger partial charge on any atom is -0.497 e. The van der Waals surface area contributed by atoms with Gasteiger partial charge in [0.15, 0.2) is 0 Å². The fourth-order valence-corrected chi connectivity index (χ4v) is 4.17. The third-order valence-corrected chi connectivity index (χ3v) is 5.38. The lowest BCUT2D eigenvalue weighted by atomic mass is 9.72. The zero-order chi connectivity index (χ0) is 21.3. The minimum atomic E-state index is -0.749. The summed E-state index contributed by atoms with van der Waals surface area (Å²) >= 11 is 0. The second-order valence-electron chi connectivity index (χ2n) is 8.16. The van der Waals surface area contributed by atoms with Crippen LogP contribution in [0.2, 0.25) is 0 Å². The second-order valence-corrected chi connectivity index (χ2v) is 8.16. The summed E-state index contributed by atoms with van der Waals surface area (Å²) in [4.78, 5) is 17.6. The molecule has 1 heterocycles. The summed E-state index contributed by atoms with van der Waals surface area (Å²) in [6, 6.07) is 5.42. The summed E-state index contributed by atoms with van der Waals surface area (Å²) < 4.78 is 16.3. The number of aliphatic hydroxyl groups is 1. The fourth-order valence-electron chi connectivity index (χ4n) is 4.17. The summed E-state index contributed by atoms with van der Waals surface area (Å²) in [5, 5.41) is 11.1. The van der Waals surface area contributed by atoms with Crippen molar-refractivity contribution in [3.05, 3.63) is 40.7 Å². The van der Waals surface area contributed by atoms with E-state index in [-0.39, 0.29) is 12.0 Å². The molecular weight excluding hydrogens is 370 g/mol. The van der Waals surface area contributed by atoms with Crippen molar-refractivity contribution >= 4 is 5.97 Å². The molecule has 156 valence electrons. The molecule has 0 fully saturated rings. The molecule has 1 atom stereocenters. The molecule has 6 nitrogen and oxygen atoms in total. The van der Waals surface area contributed by atoms with Crippen LogP contribution in [0, 0.1) is 12.3 Å². The number of hydrogen-bond acceptors (Lipinski definition) is 6. The average Bonchev–Trinajstić information content (AvgIpc) is 2.65. The van der Waals surface area contributed by atoms with Crippen LogP contribution >= 0.6 is 0 Å². The molecule has 1 aliphatic rings.